The summed E-state index contributed by atoms with van der Waals surface area (Å²) in [6.07, 6.45) is 7.85. The first-order chi connectivity index (χ1) is 10.3. The lowest BCUT2D eigenvalue weighted by atomic mass is 9.47. The highest BCUT2D eigenvalue weighted by atomic mass is 14.6. The van der Waals surface area contributed by atoms with Crippen LogP contribution in [0.3, 0.4) is 0 Å². The Morgan fingerprint density at radius 2 is 1.71 bits per heavy atom. The molecule has 2 aliphatic carbocycles. The summed E-state index contributed by atoms with van der Waals surface area (Å²) in [5.74, 6) is 0.691. The molecule has 0 saturated heterocycles. The topological polar surface area (TPSA) is 23.8 Å². The second kappa shape index (κ2) is 4.88. The molecule has 106 valence electrons. The van der Waals surface area contributed by atoms with E-state index in [9.17, 15) is 5.26 Å². The SMILES string of the molecule is N#CC1CC2(CCCCC2)C1c1ccc2ccccc2c1. The van der Waals surface area contributed by atoms with Gasteiger partial charge in [0.25, 0.3) is 0 Å². The van der Waals surface area contributed by atoms with Gasteiger partial charge in [0.1, 0.15) is 0 Å². The van der Waals surface area contributed by atoms with Gasteiger partial charge in [0.2, 0.25) is 0 Å². The molecule has 21 heavy (non-hydrogen) atoms. The lowest BCUT2D eigenvalue weighted by Gasteiger charge is -2.55. The van der Waals surface area contributed by atoms with Gasteiger partial charge in [0.05, 0.1) is 12.0 Å². The third-order valence-corrected chi connectivity index (χ3v) is 5.84. The summed E-state index contributed by atoms with van der Waals surface area (Å²) in [6, 6.07) is 17.9. The largest absolute Gasteiger partial charge is 0.198 e. The molecule has 0 radical (unpaired) electrons. The van der Waals surface area contributed by atoms with Crippen molar-refractivity contribution in [2.75, 3.05) is 0 Å². The lowest BCUT2D eigenvalue weighted by molar-refractivity contribution is 0.00440. The standard InChI is InChI=1S/C20H21N/c21-14-18-13-20(10-4-1-5-11-20)19(18)17-9-8-15-6-2-3-7-16(15)12-17/h2-3,6-9,12,18-19H,1,4-5,10-11,13H2. The summed E-state index contributed by atoms with van der Waals surface area (Å²) >= 11 is 0. The highest BCUT2D eigenvalue weighted by molar-refractivity contribution is 5.83. The molecule has 2 unspecified atom stereocenters. The maximum Gasteiger partial charge on any atom is 0.0662 e. The first-order valence-corrected chi connectivity index (χ1v) is 8.21. The van der Waals surface area contributed by atoms with Crippen molar-refractivity contribution >= 4 is 10.8 Å². The number of nitriles is 1. The number of hydrogen-bond donors (Lipinski definition) is 0. The summed E-state index contributed by atoms with van der Waals surface area (Å²) in [7, 11) is 0. The average Bonchev–Trinajstić information content (AvgIpc) is 2.53. The van der Waals surface area contributed by atoms with Crippen molar-refractivity contribution in [1.29, 1.82) is 5.26 Å². The molecule has 1 heteroatoms. The van der Waals surface area contributed by atoms with E-state index in [2.05, 4.69) is 48.5 Å². The number of hydrogen-bond acceptors (Lipinski definition) is 1. The first-order valence-electron chi connectivity index (χ1n) is 8.21. The van der Waals surface area contributed by atoms with Crippen LogP contribution in [0.2, 0.25) is 0 Å². The van der Waals surface area contributed by atoms with Gasteiger partial charge < -0.3 is 0 Å². The zero-order valence-corrected chi connectivity index (χ0v) is 12.4. The van der Waals surface area contributed by atoms with Crippen LogP contribution < -0.4 is 0 Å². The molecule has 2 aromatic rings. The fraction of sp³-hybridized carbons (Fsp3) is 0.450. The van der Waals surface area contributed by atoms with Gasteiger partial charge in [0, 0.05) is 5.92 Å². The zero-order valence-electron chi connectivity index (χ0n) is 12.4. The van der Waals surface area contributed by atoms with E-state index in [4.69, 9.17) is 0 Å². The maximum absolute atomic E-state index is 9.50. The summed E-state index contributed by atoms with van der Waals surface area (Å²) < 4.78 is 0. The van der Waals surface area contributed by atoms with Crippen LogP contribution >= 0.6 is 0 Å². The molecule has 2 aromatic carbocycles. The first kappa shape index (κ1) is 12.9. The van der Waals surface area contributed by atoms with E-state index in [1.54, 1.807) is 0 Å². The van der Waals surface area contributed by atoms with Crippen molar-refractivity contribution < 1.29 is 0 Å². The summed E-state index contributed by atoms with van der Waals surface area (Å²) in [6.45, 7) is 0. The molecule has 0 aromatic heterocycles. The van der Waals surface area contributed by atoms with Crippen molar-refractivity contribution in [1.82, 2.24) is 0 Å². The third kappa shape index (κ3) is 1.97. The normalized spacial score (nSPS) is 27.2. The van der Waals surface area contributed by atoms with Gasteiger partial charge >= 0.3 is 0 Å². The van der Waals surface area contributed by atoms with Crippen molar-refractivity contribution in [3.63, 3.8) is 0 Å². The van der Waals surface area contributed by atoms with E-state index in [0.717, 1.165) is 6.42 Å². The van der Waals surface area contributed by atoms with Gasteiger partial charge in [-0.2, -0.15) is 5.26 Å². The van der Waals surface area contributed by atoms with Crippen LogP contribution in [0.25, 0.3) is 10.8 Å². The minimum atomic E-state index is 0.226. The van der Waals surface area contributed by atoms with E-state index < -0.39 is 0 Å². The predicted octanol–water partition coefficient (Wildman–Crippen LogP) is 5.42. The molecular formula is C20H21N. The van der Waals surface area contributed by atoms with Crippen molar-refractivity contribution in [2.24, 2.45) is 11.3 Å². The van der Waals surface area contributed by atoms with Crippen LogP contribution in [0.4, 0.5) is 0 Å². The van der Waals surface area contributed by atoms with Crippen molar-refractivity contribution in [2.45, 2.75) is 44.4 Å². The number of rotatable bonds is 1. The van der Waals surface area contributed by atoms with Crippen molar-refractivity contribution in [3.05, 3.63) is 48.0 Å². The summed E-state index contributed by atoms with van der Waals surface area (Å²) in [4.78, 5) is 0. The van der Waals surface area contributed by atoms with E-state index in [-0.39, 0.29) is 5.92 Å². The minimum absolute atomic E-state index is 0.226. The van der Waals surface area contributed by atoms with Crippen LogP contribution in [0.1, 0.15) is 50.0 Å². The molecule has 1 nitrogen and oxygen atoms in total. The molecule has 2 saturated carbocycles. The number of benzene rings is 2. The molecule has 1 spiro atoms. The Morgan fingerprint density at radius 1 is 0.952 bits per heavy atom. The number of nitrogens with zero attached hydrogens (tertiary/aromatic N) is 1. The van der Waals surface area contributed by atoms with E-state index in [1.807, 2.05) is 0 Å². The van der Waals surface area contributed by atoms with Crippen molar-refractivity contribution in [3.8, 4) is 6.07 Å². The predicted molar refractivity (Wildman–Crippen MR) is 85.9 cm³/mol. The van der Waals surface area contributed by atoms with Gasteiger partial charge in [-0.15, -0.1) is 0 Å². The quantitative estimate of drug-likeness (QED) is 0.682. The zero-order chi connectivity index (χ0) is 14.3. The Morgan fingerprint density at radius 3 is 2.48 bits per heavy atom. The minimum Gasteiger partial charge on any atom is -0.198 e. The van der Waals surface area contributed by atoms with Gasteiger partial charge in [-0.1, -0.05) is 61.7 Å². The van der Waals surface area contributed by atoms with Gasteiger partial charge in [-0.25, -0.2) is 0 Å². The molecule has 0 heterocycles. The Hall–Kier alpha value is -1.81. The van der Waals surface area contributed by atoms with Crippen LogP contribution in [-0.4, -0.2) is 0 Å². The third-order valence-electron chi connectivity index (χ3n) is 5.84. The highest BCUT2D eigenvalue weighted by Gasteiger charge is 2.54. The maximum atomic E-state index is 9.50. The molecular weight excluding hydrogens is 254 g/mol. The van der Waals surface area contributed by atoms with Gasteiger partial charge in [0.15, 0.2) is 0 Å². The number of fused-ring (bicyclic) bond motifs is 1. The molecule has 4 rings (SSSR count). The Labute approximate surface area is 126 Å². The Bertz CT molecular complexity index is 703. The van der Waals surface area contributed by atoms with E-state index >= 15 is 0 Å². The molecule has 2 fully saturated rings. The molecule has 2 atom stereocenters. The van der Waals surface area contributed by atoms with Crippen LogP contribution in [0, 0.1) is 22.7 Å². The average molecular weight is 275 g/mol. The molecule has 0 N–H and O–H groups in total. The molecule has 0 aliphatic heterocycles. The molecule has 2 aliphatic rings. The van der Waals surface area contributed by atoms with Gasteiger partial charge in [-0.05, 0) is 41.0 Å². The van der Waals surface area contributed by atoms with E-state index in [1.165, 1.54) is 48.4 Å². The summed E-state index contributed by atoms with van der Waals surface area (Å²) in [5, 5.41) is 12.1. The Kier molecular flexibility index (Phi) is 3.00. The Balaban J connectivity index is 1.75. The monoisotopic (exact) mass is 275 g/mol. The lowest BCUT2D eigenvalue weighted by Crippen LogP contribution is -2.46. The van der Waals surface area contributed by atoms with E-state index in [0.29, 0.717) is 11.3 Å². The highest BCUT2D eigenvalue weighted by Crippen LogP contribution is 2.63. The fourth-order valence-electron chi connectivity index (χ4n) is 4.83. The second-order valence-corrected chi connectivity index (χ2v) is 6.95. The second-order valence-electron chi connectivity index (χ2n) is 6.95. The van der Waals surface area contributed by atoms with Crippen LogP contribution in [0.5, 0.6) is 0 Å². The van der Waals surface area contributed by atoms with Crippen LogP contribution in [-0.2, 0) is 0 Å². The van der Waals surface area contributed by atoms with Gasteiger partial charge in [-0.3, -0.25) is 0 Å². The smallest absolute Gasteiger partial charge is 0.0662 e. The molecule has 0 amide bonds. The fourth-order valence-corrected chi connectivity index (χ4v) is 4.83. The van der Waals surface area contributed by atoms with Crippen LogP contribution in [0.15, 0.2) is 42.5 Å². The summed E-state index contributed by atoms with van der Waals surface area (Å²) in [5.41, 5.74) is 1.83. The molecule has 0 bridgehead atoms.